The Labute approximate surface area is 194 Å². The molecule has 1 aromatic heterocycles. The summed E-state index contributed by atoms with van der Waals surface area (Å²) in [5.41, 5.74) is -2.66. The Hall–Kier alpha value is -2.37. The molecule has 1 aromatic carbocycles. The first-order chi connectivity index (χ1) is 15.5. The number of carbonyl (C=O) groups is 1. The van der Waals surface area contributed by atoms with Crippen LogP contribution in [0.5, 0.6) is 0 Å². The zero-order valence-corrected chi connectivity index (χ0v) is 18.6. The number of nitrogens with one attached hydrogen (secondary N) is 1. The fourth-order valence-corrected chi connectivity index (χ4v) is 4.25. The van der Waals surface area contributed by atoms with Crippen molar-refractivity contribution in [3.8, 4) is 0 Å². The second-order valence-electron chi connectivity index (χ2n) is 7.70. The minimum absolute atomic E-state index is 0.0508. The number of likely N-dealkylation sites (tertiary alicyclic amines) is 1. The predicted molar refractivity (Wildman–Crippen MR) is 113 cm³/mol. The van der Waals surface area contributed by atoms with Gasteiger partial charge in [-0.3, -0.25) is 20.1 Å². The topological polar surface area (TPSA) is 54.5 Å². The first kappa shape index (κ1) is 23.8. The van der Waals surface area contributed by atoms with Crippen LogP contribution in [0.3, 0.4) is 0 Å². The van der Waals surface area contributed by atoms with Gasteiger partial charge in [-0.1, -0.05) is 17.7 Å². The Balaban J connectivity index is 1.58. The number of carbonyl (C=O) groups excluding carboxylic acids is 1. The summed E-state index contributed by atoms with van der Waals surface area (Å²) in [4.78, 5) is 22.2. The van der Waals surface area contributed by atoms with Crippen molar-refractivity contribution in [2.75, 3.05) is 25.1 Å². The van der Waals surface area contributed by atoms with Gasteiger partial charge in [-0.15, -0.1) is 0 Å². The number of rotatable bonds is 5. The van der Waals surface area contributed by atoms with Crippen LogP contribution in [0, 0.1) is 5.82 Å². The SMILES string of the molecule is CSCC(=O)N1CC(F)(c2ccc(C3=CC(c4ccc(F)c(Cl)c4)(C(F)(F)F)ON3)cn2)C1. The highest BCUT2D eigenvalue weighted by Gasteiger charge is 2.59. The summed E-state index contributed by atoms with van der Waals surface area (Å²) in [5.74, 6) is -0.783. The largest absolute Gasteiger partial charge is 0.428 e. The van der Waals surface area contributed by atoms with Crippen molar-refractivity contribution < 1.29 is 31.6 Å². The van der Waals surface area contributed by atoms with E-state index in [-0.39, 0.29) is 41.7 Å². The molecule has 1 N–H and O–H groups in total. The van der Waals surface area contributed by atoms with Gasteiger partial charge in [-0.25, -0.2) is 8.78 Å². The highest BCUT2D eigenvalue weighted by atomic mass is 35.5. The average Bonchev–Trinajstić information content (AvgIpc) is 3.20. The molecule has 0 spiro atoms. The molecule has 33 heavy (non-hydrogen) atoms. The normalized spacial score (nSPS) is 21.9. The van der Waals surface area contributed by atoms with Crippen LogP contribution < -0.4 is 5.48 Å². The molecule has 0 radical (unpaired) electrons. The standard InChI is InChI=1S/C21H17ClF5N3O2S/c1-33-9-18(31)30-10-19(24,11-30)17-5-2-12(8-28-17)16-7-20(32-29-16,21(25,26)27)13-3-4-15(23)14(22)6-13/h2-8,29H,9-11H2,1H3. The van der Waals surface area contributed by atoms with Gasteiger partial charge in [-0.2, -0.15) is 24.9 Å². The third-order valence-electron chi connectivity index (χ3n) is 5.48. The van der Waals surface area contributed by atoms with Crippen molar-refractivity contribution in [3.63, 3.8) is 0 Å². The third kappa shape index (κ3) is 4.17. The van der Waals surface area contributed by atoms with E-state index in [4.69, 9.17) is 16.4 Å². The van der Waals surface area contributed by atoms with Crippen LogP contribution in [0.4, 0.5) is 22.0 Å². The summed E-state index contributed by atoms with van der Waals surface area (Å²) in [6.45, 7) is -0.267. The molecule has 1 saturated heterocycles. The molecule has 1 fully saturated rings. The van der Waals surface area contributed by atoms with Crippen LogP contribution in [-0.2, 0) is 20.9 Å². The van der Waals surface area contributed by atoms with Gasteiger partial charge in [-0.05, 0) is 36.6 Å². The number of halogens is 6. The molecule has 0 aliphatic carbocycles. The van der Waals surface area contributed by atoms with Gasteiger partial charge in [0.05, 0.1) is 35.3 Å². The monoisotopic (exact) mass is 505 g/mol. The van der Waals surface area contributed by atoms with E-state index in [0.717, 1.165) is 24.3 Å². The maximum Gasteiger partial charge on any atom is 0.428 e. The highest BCUT2D eigenvalue weighted by Crippen LogP contribution is 2.48. The van der Waals surface area contributed by atoms with Gasteiger partial charge in [0.1, 0.15) is 5.82 Å². The highest BCUT2D eigenvalue weighted by molar-refractivity contribution is 7.99. The molecule has 1 amide bonds. The van der Waals surface area contributed by atoms with E-state index in [1.165, 1.54) is 35.0 Å². The number of hydrogen-bond acceptors (Lipinski definition) is 5. The van der Waals surface area contributed by atoms with Crippen LogP contribution in [0.2, 0.25) is 5.02 Å². The maximum atomic E-state index is 15.1. The molecule has 1 unspecified atom stereocenters. The second kappa shape index (κ2) is 8.44. The summed E-state index contributed by atoms with van der Waals surface area (Å²) < 4.78 is 70.6. The van der Waals surface area contributed by atoms with E-state index in [2.05, 4.69) is 10.5 Å². The van der Waals surface area contributed by atoms with E-state index < -0.39 is 33.8 Å². The summed E-state index contributed by atoms with van der Waals surface area (Å²) in [7, 11) is 0. The number of aromatic nitrogens is 1. The number of nitrogens with zero attached hydrogens (tertiary/aromatic N) is 2. The molecule has 2 aliphatic rings. The number of alkyl halides is 4. The zero-order valence-electron chi connectivity index (χ0n) is 17.0. The third-order valence-corrected chi connectivity index (χ3v) is 6.30. The van der Waals surface area contributed by atoms with Crippen LogP contribution in [-0.4, -0.2) is 47.1 Å². The molecule has 0 saturated carbocycles. The summed E-state index contributed by atoms with van der Waals surface area (Å²) in [6, 6.07) is 5.37. The lowest BCUT2D eigenvalue weighted by Crippen LogP contribution is -2.59. The van der Waals surface area contributed by atoms with Crippen molar-refractivity contribution in [1.82, 2.24) is 15.4 Å². The molecule has 176 valence electrons. The summed E-state index contributed by atoms with van der Waals surface area (Å²) in [5, 5.41) is -0.480. The van der Waals surface area contributed by atoms with Crippen molar-refractivity contribution in [2.45, 2.75) is 17.4 Å². The van der Waals surface area contributed by atoms with E-state index >= 15 is 4.39 Å². The molecule has 2 aliphatic heterocycles. The lowest BCUT2D eigenvalue weighted by Gasteiger charge is -2.43. The zero-order chi connectivity index (χ0) is 24.0. The number of thioether (sulfide) groups is 1. The van der Waals surface area contributed by atoms with Gasteiger partial charge in [0.2, 0.25) is 11.5 Å². The van der Waals surface area contributed by atoms with Crippen molar-refractivity contribution in [2.24, 2.45) is 0 Å². The number of benzene rings is 1. The number of hydroxylamine groups is 1. The molecule has 0 bridgehead atoms. The Morgan fingerprint density at radius 3 is 2.61 bits per heavy atom. The van der Waals surface area contributed by atoms with Gasteiger partial charge < -0.3 is 4.90 Å². The Morgan fingerprint density at radius 2 is 2.03 bits per heavy atom. The van der Waals surface area contributed by atoms with Crippen LogP contribution in [0.25, 0.3) is 5.70 Å². The molecule has 3 heterocycles. The molecular formula is C21H17ClF5N3O2S. The Morgan fingerprint density at radius 1 is 1.30 bits per heavy atom. The Bertz CT molecular complexity index is 1110. The number of hydrogen-bond donors (Lipinski definition) is 1. The lowest BCUT2D eigenvalue weighted by molar-refractivity contribution is -0.269. The predicted octanol–water partition coefficient (Wildman–Crippen LogP) is 4.58. The average molecular weight is 506 g/mol. The van der Waals surface area contributed by atoms with E-state index in [0.29, 0.717) is 0 Å². The summed E-state index contributed by atoms with van der Waals surface area (Å²) in [6.07, 6.45) is -1.12. The fraction of sp³-hybridized carbons (Fsp3) is 0.333. The molecular weight excluding hydrogens is 489 g/mol. The smallest absolute Gasteiger partial charge is 0.335 e. The fourth-order valence-electron chi connectivity index (χ4n) is 3.64. The minimum Gasteiger partial charge on any atom is -0.335 e. The van der Waals surface area contributed by atoms with Crippen molar-refractivity contribution >= 4 is 35.0 Å². The summed E-state index contributed by atoms with van der Waals surface area (Å²) >= 11 is 7.01. The van der Waals surface area contributed by atoms with Gasteiger partial charge >= 0.3 is 6.18 Å². The Kier molecular flexibility index (Phi) is 6.08. The minimum atomic E-state index is -4.90. The molecule has 12 heteroatoms. The lowest BCUT2D eigenvalue weighted by atomic mass is 9.90. The number of pyridine rings is 1. The van der Waals surface area contributed by atoms with E-state index in [9.17, 15) is 22.4 Å². The molecule has 4 rings (SSSR count). The van der Waals surface area contributed by atoms with Crippen molar-refractivity contribution in [1.29, 1.82) is 0 Å². The van der Waals surface area contributed by atoms with E-state index in [1.54, 1.807) is 6.26 Å². The quantitative estimate of drug-likeness (QED) is 0.603. The van der Waals surface area contributed by atoms with Gasteiger partial charge in [0, 0.05) is 17.3 Å². The van der Waals surface area contributed by atoms with Crippen LogP contribution >= 0.6 is 23.4 Å². The van der Waals surface area contributed by atoms with Gasteiger partial charge in [0.15, 0.2) is 5.67 Å². The van der Waals surface area contributed by atoms with E-state index in [1.807, 2.05) is 0 Å². The van der Waals surface area contributed by atoms with Crippen LogP contribution in [0.15, 0.2) is 42.6 Å². The van der Waals surface area contributed by atoms with Crippen molar-refractivity contribution in [3.05, 3.63) is 70.3 Å². The molecule has 5 nitrogen and oxygen atoms in total. The second-order valence-corrected chi connectivity index (χ2v) is 8.98. The first-order valence-corrected chi connectivity index (χ1v) is 11.4. The molecule has 2 aromatic rings. The van der Waals surface area contributed by atoms with Crippen LogP contribution in [0.1, 0.15) is 16.8 Å². The number of amides is 1. The molecule has 1 atom stereocenters. The first-order valence-electron chi connectivity index (χ1n) is 9.61. The van der Waals surface area contributed by atoms with Gasteiger partial charge in [0.25, 0.3) is 0 Å². The maximum absolute atomic E-state index is 15.1.